The second-order valence-corrected chi connectivity index (χ2v) is 7.53. The van der Waals surface area contributed by atoms with Gasteiger partial charge in [0.25, 0.3) is 0 Å². The SMILES string of the molecule is C=CCCC1CCC(c2ccc(-c3ccc(O/C=C/C)c(F)c3F)cc2)CC1. The van der Waals surface area contributed by atoms with Crippen LogP contribution in [0.15, 0.2) is 61.4 Å². The highest BCUT2D eigenvalue weighted by Crippen LogP contribution is 2.38. The molecule has 2 aromatic carbocycles. The van der Waals surface area contributed by atoms with E-state index in [-0.39, 0.29) is 11.3 Å². The molecule has 1 saturated carbocycles. The molecule has 0 unspecified atom stereocenters. The van der Waals surface area contributed by atoms with Gasteiger partial charge in [-0.1, -0.05) is 36.4 Å². The summed E-state index contributed by atoms with van der Waals surface area (Å²) in [6.07, 6.45) is 12.2. The van der Waals surface area contributed by atoms with Gasteiger partial charge in [0.15, 0.2) is 11.6 Å². The fourth-order valence-electron chi connectivity index (χ4n) is 4.06. The molecule has 0 saturated heterocycles. The average Bonchev–Trinajstić information content (AvgIpc) is 2.74. The topological polar surface area (TPSA) is 9.23 Å². The van der Waals surface area contributed by atoms with E-state index in [9.17, 15) is 8.78 Å². The highest BCUT2D eigenvalue weighted by atomic mass is 19.2. The Morgan fingerprint density at radius 3 is 2.36 bits per heavy atom. The quantitative estimate of drug-likeness (QED) is 0.351. The molecule has 0 spiro atoms. The molecule has 1 fully saturated rings. The molecular formula is C25H28F2O. The summed E-state index contributed by atoms with van der Waals surface area (Å²) in [6.45, 7) is 5.56. The first kappa shape index (κ1) is 20.3. The summed E-state index contributed by atoms with van der Waals surface area (Å²) in [4.78, 5) is 0. The van der Waals surface area contributed by atoms with Gasteiger partial charge in [-0.05, 0) is 80.5 Å². The second-order valence-electron chi connectivity index (χ2n) is 7.53. The first-order valence-corrected chi connectivity index (χ1v) is 10.1. The largest absolute Gasteiger partial charge is 0.462 e. The van der Waals surface area contributed by atoms with Crippen molar-refractivity contribution < 1.29 is 13.5 Å². The summed E-state index contributed by atoms with van der Waals surface area (Å²) in [7, 11) is 0. The average molecular weight is 382 g/mol. The first-order valence-electron chi connectivity index (χ1n) is 10.1. The van der Waals surface area contributed by atoms with E-state index in [1.807, 2.05) is 18.2 Å². The van der Waals surface area contributed by atoms with Gasteiger partial charge < -0.3 is 4.74 Å². The van der Waals surface area contributed by atoms with Crippen LogP contribution in [0.4, 0.5) is 8.78 Å². The van der Waals surface area contributed by atoms with E-state index in [4.69, 9.17) is 4.74 Å². The Kier molecular flexibility index (Phi) is 7.02. The number of hydrogen-bond donors (Lipinski definition) is 0. The van der Waals surface area contributed by atoms with Crippen LogP contribution in [0.2, 0.25) is 0 Å². The van der Waals surface area contributed by atoms with Crippen molar-refractivity contribution in [2.75, 3.05) is 0 Å². The minimum absolute atomic E-state index is 0.107. The lowest BCUT2D eigenvalue weighted by molar-refractivity contribution is 0.312. The van der Waals surface area contributed by atoms with Crippen LogP contribution in [0.25, 0.3) is 11.1 Å². The lowest BCUT2D eigenvalue weighted by Crippen LogP contribution is -2.13. The minimum atomic E-state index is -0.961. The summed E-state index contributed by atoms with van der Waals surface area (Å²) < 4.78 is 33.8. The number of hydrogen-bond acceptors (Lipinski definition) is 1. The number of allylic oxidation sites excluding steroid dienone is 2. The molecule has 0 aromatic heterocycles. The fraction of sp³-hybridized carbons (Fsp3) is 0.360. The Morgan fingerprint density at radius 1 is 1.00 bits per heavy atom. The van der Waals surface area contributed by atoms with Crippen molar-refractivity contribution in [1.82, 2.24) is 0 Å². The number of rotatable bonds is 7. The lowest BCUT2D eigenvalue weighted by atomic mass is 9.77. The zero-order valence-electron chi connectivity index (χ0n) is 16.5. The van der Waals surface area contributed by atoms with Crippen molar-refractivity contribution in [3.8, 4) is 16.9 Å². The molecule has 2 aromatic rings. The molecule has 1 nitrogen and oxygen atoms in total. The van der Waals surface area contributed by atoms with Gasteiger partial charge in [0.1, 0.15) is 0 Å². The number of ether oxygens (including phenoxy) is 1. The molecule has 1 aliphatic rings. The maximum absolute atomic E-state index is 14.5. The highest BCUT2D eigenvalue weighted by molar-refractivity contribution is 5.65. The van der Waals surface area contributed by atoms with Gasteiger partial charge in [-0.2, -0.15) is 4.39 Å². The molecule has 3 heteroatoms. The van der Waals surface area contributed by atoms with Crippen molar-refractivity contribution in [3.63, 3.8) is 0 Å². The normalized spacial score (nSPS) is 19.7. The van der Waals surface area contributed by atoms with Crippen molar-refractivity contribution >= 4 is 0 Å². The van der Waals surface area contributed by atoms with E-state index in [0.29, 0.717) is 11.5 Å². The Morgan fingerprint density at radius 2 is 1.71 bits per heavy atom. The van der Waals surface area contributed by atoms with Gasteiger partial charge in [0.2, 0.25) is 5.82 Å². The van der Waals surface area contributed by atoms with Crippen molar-refractivity contribution in [2.24, 2.45) is 5.92 Å². The van der Waals surface area contributed by atoms with Gasteiger partial charge in [0.05, 0.1) is 6.26 Å². The molecule has 0 amide bonds. The molecule has 3 rings (SSSR count). The predicted octanol–water partition coefficient (Wildman–Crippen LogP) is 7.78. The molecule has 0 radical (unpaired) electrons. The fourth-order valence-corrected chi connectivity index (χ4v) is 4.06. The Balaban J connectivity index is 1.70. The smallest absolute Gasteiger partial charge is 0.201 e. The third kappa shape index (κ3) is 4.70. The summed E-state index contributed by atoms with van der Waals surface area (Å²) in [6, 6.07) is 10.9. The Labute approximate surface area is 166 Å². The second kappa shape index (κ2) is 9.68. The van der Waals surface area contributed by atoms with E-state index >= 15 is 0 Å². The Bertz CT molecular complexity index is 815. The van der Waals surface area contributed by atoms with Crippen LogP contribution >= 0.6 is 0 Å². The summed E-state index contributed by atoms with van der Waals surface area (Å²) in [5, 5.41) is 0. The van der Waals surface area contributed by atoms with Gasteiger partial charge in [0, 0.05) is 5.56 Å². The predicted molar refractivity (Wildman–Crippen MR) is 111 cm³/mol. The zero-order valence-corrected chi connectivity index (χ0v) is 16.5. The first-order chi connectivity index (χ1) is 13.6. The molecular weight excluding hydrogens is 354 g/mol. The lowest BCUT2D eigenvalue weighted by Gasteiger charge is -2.28. The number of halogens is 2. The maximum Gasteiger partial charge on any atom is 0.201 e. The van der Waals surface area contributed by atoms with E-state index in [0.717, 1.165) is 12.3 Å². The molecule has 0 aliphatic heterocycles. The summed E-state index contributed by atoms with van der Waals surface area (Å²) >= 11 is 0. The zero-order chi connectivity index (χ0) is 19.9. The molecule has 1 aliphatic carbocycles. The van der Waals surface area contributed by atoms with Crippen LogP contribution in [-0.2, 0) is 0 Å². The van der Waals surface area contributed by atoms with Crippen molar-refractivity contribution in [2.45, 2.75) is 51.4 Å². The maximum atomic E-state index is 14.5. The van der Waals surface area contributed by atoms with Gasteiger partial charge >= 0.3 is 0 Å². The highest BCUT2D eigenvalue weighted by Gasteiger charge is 2.22. The van der Waals surface area contributed by atoms with Crippen LogP contribution in [0.5, 0.6) is 5.75 Å². The van der Waals surface area contributed by atoms with E-state index < -0.39 is 11.6 Å². The Hall–Kier alpha value is -2.42. The van der Waals surface area contributed by atoms with E-state index in [2.05, 4.69) is 18.7 Å². The minimum Gasteiger partial charge on any atom is -0.462 e. The van der Waals surface area contributed by atoms with Crippen molar-refractivity contribution in [1.29, 1.82) is 0 Å². The molecule has 0 heterocycles. The van der Waals surface area contributed by atoms with Gasteiger partial charge in [-0.3, -0.25) is 0 Å². The molecule has 148 valence electrons. The van der Waals surface area contributed by atoms with Crippen LogP contribution in [0.1, 0.15) is 56.9 Å². The monoisotopic (exact) mass is 382 g/mol. The molecule has 28 heavy (non-hydrogen) atoms. The van der Waals surface area contributed by atoms with Crippen LogP contribution in [-0.4, -0.2) is 0 Å². The van der Waals surface area contributed by atoms with E-state index in [1.54, 1.807) is 19.1 Å². The van der Waals surface area contributed by atoms with Gasteiger partial charge in [-0.15, -0.1) is 6.58 Å². The number of benzene rings is 2. The third-order valence-corrected chi connectivity index (χ3v) is 5.70. The third-order valence-electron chi connectivity index (χ3n) is 5.70. The van der Waals surface area contributed by atoms with Gasteiger partial charge in [-0.25, -0.2) is 4.39 Å². The molecule has 0 bridgehead atoms. The van der Waals surface area contributed by atoms with Crippen LogP contribution in [0.3, 0.4) is 0 Å². The standard InChI is InChI=1S/C25H28F2O/c1-3-5-6-18-7-9-19(10-8-18)20-11-13-21(14-12-20)22-15-16-23(28-17-4-2)25(27)24(22)26/h3-4,11-19H,1,5-10H2,2H3/b17-4+. The summed E-state index contributed by atoms with van der Waals surface area (Å²) in [5.41, 5.74) is 2.22. The molecule has 0 atom stereocenters. The van der Waals surface area contributed by atoms with Crippen molar-refractivity contribution in [3.05, 3.63) is 78.6 Å². The van der Waals surface area contributed by atoms with Crippen LogP contribution < -0.4 is 4.74 Å². The van der Waals surface area contributed by atoms with E-state index in [1.165, 1.54) is 50.0 Å². The molecule has 0 N–H and O–H groups in total. The van der Waals surface area contributed by atoms with Crippen LogP contribution in [0, 0.1) is 17.6 Å². The summed E-state index contributed by atoms with van der Waals surface area (Å²) in [5.74, 6) is -0.569.